The van der Waals surface area contributed by atoms with Crippen LogP contribution in [-0.2, 0) is 5.41 Å². The normalized spacial score (nSPS) is 14.9. The van der Waals surface area contributed by atoms with Crippen LogP contribution in [-0.4, -0.2) is 59.1 Å². The van der Waals surface area contributed by atoms with Crippen molar-refractivity contribution in [2.24, 2.45) is 0 Å². The summed E-state index contributed by atoms with van der Waals surface area (Å²) >= 11 is 0. The largest absolute Gasteiger partial charge is 0.491 e. The van der Waals surface area contributed by atoms with Gasteiger partial charge >= 0.3 is 0 Å². The van der Waals surface area contributed by atoms with Crippen molar-refractivity contribution < 1.29 is 29.9 Å². The summed E-state index contributed by atoms with van der Waals surface area (Å²) < 4.78 is 11.3. The van der Waals surface area contributed by atoms with Crippen molar-refractivity contribution in [2.75, 3.05) is 26.4 Å². The second-order valence-corrected chi connectivity index (χ2v) is 9.18. The zero-order chi connectivity index (χ0) is 25.8. The smallest absolute Gasteiger partial charge is 0.119 e. The fourth-order valence-electron chi connectivity index (χ4n) is 5.12. The predicted octanol–water partition coefficient (Wildman–Crippen LogP) is 3.51. The first kappa shape index (κ1) is 25.0. The number of aliphatic hydroxyl groups is 4. The zero-order valence-corrected chi connectivity index (χ0v) is 20.3. The summed E-state index contributed by atoms with van der Waals surface area (Å²) in [5.41, 5.74) is 6.23. The maximum absolute atomic E-state index is 9.65. The van der Waals surface area contributed by atoms with Gasteiger partial charge in [-0.3, -0.25) is 0 Å². The highest BCUT2D eigenvalue weighted by molar-refractivity contribution is 5.86. The van der Waals surface area contributed by atoms with Gasteiger partial charge in [-0.2, -0.15) is 0 Å². The van der Waals surface area contributed by atoms with E-state index >= 15 is 0 Å². The fourth-order valence-corrected chi connectivity index (χ4v) is 5.12. The van der Waals surface area contributed by atoms with Crippen LogP contribution in [0.3, 0.4) is 0 Å². The van der Waals surface area contributed by atoms with Crippen LogP contribution in [0, 0.1) is 0 Å². The summed E-state index contributed by atoms with van der Waals surface area (Å²) in [6, 6.07) is 32.6. The molecule has 0 saturated heterocycles. The Bertz CT molecular complexity index is 1230. The van der Waals surface area contributed by atoms with E-state index in [-0.39, 0.29) is 26.4 Å². The molecule has 4 N–H and O–H groups in total. The molecule has 0 heterocycles. The molecule has 0 bridgehead atoms. The number of hydrogen-bond acceptors (Lipinski definition) is 6. The average molecular weight is 499 g/mol. The van der Waals surface area contributed by atoms with Crippen LogP contribution in [0.25, 0.3) is 11.1 Å². The van der Waals surface area contributed by atoms with Crippen molar-refractivity contribution in [3.63, 3.8) is 0 Å². The van der Waals surface area contributed by atoms with Crippen LogP contribution < -0.4 is 9.47 Å². The van der Waals surface area contributed by atoms with Crippen molar-refractivity contribution >= 4 is 0 Å². The molecule has 4 aromatic carbocycles. The minimum Gasteiger partial charge on any atom is -0.491 e. The molecule has 0 radical (unpaired) electrons. The van der Waals surface area contributed by atoms with Gasteiger partial charge in [-0.1, -0.05) is 72.8 Å². The highest BCUT2D eigenvalue weighted by atomic mass is 16.5. The number of rotatable bonds is 10. The van der Waals surface area contributed by atoms with Crippen molar-refractivity contribution in [3.05, 3.63) is 119 Å². The van der Waals surface area contributed by atoms with Crippen molar-refractivity contribution in [1.29, 1.82) is 0 Å². The molecule has 6 nitrogen and oxygen atoms in total. The number of ether oxygens (including phenoxy) is 2. The van der Waals surface area contributed by atoms with E-state index in [9.17, 15) is 10.2 Å². The van der Waals surface area contributed by atoms with E-state index in [1.807, 2.05) is 48.5 Å². The number of aliphatic hydroxyl groups excluding tert-OH is 4. The van der Waals surface area contributed by atoms with E-state index in [4.69, 9.17) is 19.7 Å². The Morgan fingerprint density at radius 2 is 0.919 bits per heavy atom. The Morgan fingerprint density at radius 3 is 1.30 bits per heavy atom. The van der Waals surface area contributed by atoms with Crippen LogP contribution in [0.4, 0.5) is 0 Å². The van der Waals surface area contributed by atoms with Gasteiger partial charge in [-0.05, 0) is 57.6 Å². The maximum atomic E-state index is 9.65. The van der Waals surface area contributed by atoms with E-state index in [2.05, 4.69) is 48.5 Å². The molecule has 190 valence electrons. The molecular formula is C31H30O6. The van der Waals surface area contributed by atoms with E-state index in [0.29, 0.717) is 11.5 Å². The van der Waals surface area contributed by atoms with Gasteiger partial charge in [0.15, 0.2) is 0 Å². The van der Waals surface area contributed by atoms with E-state index < -0.39 is 17.6 Å². The van der Waals surface area contributed by atoms with E-state index in [1.54, 1.807) is 0 Å². The molecule has 0 fully saturated rings. The Balaban J connectivity index is 1.61. The second kappa shape index (κ2) is 10.7. The third-order valence-electron chi connectivity index (χ3n) is 6.83. The van der Waals surface area contributed by atoms with Gasteiger partial charge in [-0.25, -0.2) is 0 Å². The number of hydrogen-bond donors (Lipinski definition) is 4. The Labute approximate surface area is 216 Å². The molecule has 2 unspecified atom stereocenters. The minimum absolute atomic E-state index is 0.0130. The molecule has 1 aliphatic carbocycles. The predicted molar refractivity (Wildman–Crippen MR) is 141 cm³/mol. The fraction of sp³-hybridized carbons (Fsp3) is 0.226. The lowest BCUT2D eigenvalue weighted by Crippen LogP contribution is -2.28. The third-order valence-corrected chi connectivity index (χ3v) is 6.83. The van der Waals surface area contributed by atoms with Crippen LogP contribution in [0.1, 0.15) is 22.3 Å². The Kier molecular flexibility index (Phi) is 7.26. The highest BCUT2D eigenvalue weighted by Crippen LogP contribution is 2.56. The van der Waals surface area contributed by atoms with Crippen LogP contribution in [0.2, 0.25) is 0 Å². The van der Waals surface area contributed by atoms with Gasteiger partial charge in [0, 0.05) is 0 Å². The molecule has 2 atom stereocenters. The molecule has 4 aromatic rings. The van der Waals surface area contributed by atoms with Crippen molar-refractivity contribution in [1.82, 2.24) is 0 Å². The van der Waals surface area contributed by atoms with Crippen LogP contribution >= 0.6 is 0 Å². The average Bonchev–Trinajstić information content (AvgIpc) is 3.26. The molecule has 0 spiro atoms. The summed E-state index contributed by atoms with van der Waals surface area (Å²) in [5.74, 6) is 1.22. The molecule has 6 heteroatoms. The third kappa shape index (κ3) is 4.61. The Hall–Kier alpha value is -3.68. The molecule has 37 heavy (non-hydrogen) atoms. The zero-order valence-electron chi connectivity index (χ0n) is 20.3. The lowest BCUT2D eigenvalue weighted by atomic mass is 9.68. The standard InChI is InChI=1S/C31H30O6/c32-17-23(34)19-36-25-13-9-21(10-14-25)31(22-11-15-26(16-12-22)37-20-24(35)18-33)29-7-3-1-5-27(29)28-6-2-4-8-30(28)31/h1-16,23-24,32-35H,17-20H2. The summed E-state index contributed by atoms with van der Waals surface area (Å²) in [7, 11) is 0. The van der Waals surface area contributed by atoms with Gasteiger partial charge in [0.05, 0.1) is 18.6 Å². The molecule has 5 rings (SSSR count). The van der Waals surface area contributed by atoms with Gasteiger partial charge in [0.2, 0.25) is 0 Å². The second-order valence-electron chi connectivity index (χ2n) is 9.18. The van der Waals surface area contributed by atoms with E-state index in [1.165, 1.54) is 22.3 Å². The summed E-state index contributed by atoms with van der Waals surface area (Å²) in [4.78, 5) is 0. The SMILES string of the molecule is OCC(O)COc1ccc(C2(c3ccc(OCC(O)CO)cc3)c3ccccc3-c3ccccc32)cc1. The molecular weight excluding hydrogens is 468 g/mol. The quantitative estimate of drug-likeness (QED) is 0.235. The molecule has 0 amide bonds. The molecule has 0 aliphatic heterocycles. The van der Waals surface area contributed by atoms with E-state index in [0.717, 1.165) is 11.1 Å². The first-order chi connectivity index (χ1) is 18.1. The lowest BCUT2D eigenvalue weighted by Gasteiger charge is -2.34. The van der Waals surface area contributed by atoms with Crippen molar-refractivity contribution in [2.45, 2.75) is 17.6 Å². The lowest BCUT2D eigenvalue weighted by molar-refractivity contribution is 0.0536. The summed E-state index contributed by atoms with van der Waals surface area (Å²) in [6.45, 7) is -0.681. The molecule has 0 aromatic heterocycles. The first-order valence-electron chi connectivity index (χ1n) is 12.3. The minimum atomic E-state index is -0.932. The number of benzene rings is 4. The van der Waals surface area contributed by atoms with Crippen LogP contribution in [0.15, 0.2) is 97.1 Å². The topological polar surface area (TPSA) is 99.4 Å². The molecule has 0 saturated carbocycles. The summed E-state index contributed by atoms with van der Waals surface area (Å²) in [5, 5.41) is 37.4. The maximum Gasteiger partial charge on any atom is 0.119 e. The Morgan fingerprint density at radius 1 is 0.541 bits per heavy atom. The van der Waals surface area contributed by atoms with Gasteiger partial charge < -0.3 is 29.9 Å². The van der Waals surface area contributed by atoms with Crippen molar-refractivity contribution in [3.8, 4) is 22.6 Å². The van der Waals surface area contributed by atoms with Gasteiger partial charge in [-0.15, -0.1) is 0 Å². The number of fused-ring (bicyclic) bond motifs is 3. The first-order valence-corrected chi connectivity index (χ1v) is 12.3. The molecule has 1 aliphatic rings. The summed E-state index contributed by atoms with van der Waals surface area (Å²) in [6.07, 6.45) is -1.86. The van der Waals surface area contributed by atoms with Gasteiger partial charge in [0.1, 0.15) is 36.9 Å². The monoisotopic (exact) mass is 498 g/mol. The van der Waals surface area contributed by atoms with Crippen LogP contribution in [0.5, 0.6) is 11.5 Å². The highest BCUT2D eigenvalue weighted by Gasteiger charge is 2.45. The van der Waals surface area contributed by atoms with Gasteiger partial charge in [0.25, 0.3) is 0 Å².